The van der Waals surface area contributed by atoms with Crippen molar-refractivity contribution in [1.29, 1.82) is 0 Å². The van der Waals surface area contributed by atoms with Crippen LogP contribution in [-0.4, -0.2) is 67.9 Å². The van der Waals surface area contributed by atoms with Gasteiger partial charge in [0.1, 0.15) is 0 Å². The summed E-state index contributed by atoms with van der Waals surface area (Å²) in [6, 6.07) is 12.3. The van der Waals surface area contributed by atoms with Gasteiger partial charge in [-0.05, 0) is 76.3 Å². The number of hydrogen-bond donors (Lipinski definition) is 2. The number of methoxy groups -OCH3 is 1. The Morgan fingerprint density at radius 2 is 1.94 bits per heavy atom. The molecule has 35 heavy (non-hydrogen) atoms. The molecule has 2 aromatic carbocycles. The van der Waals surface area contributed by atoms with Crippen LogP contribution in [0.2, 0.25) is 0 Å². The first-order valence-electron chi connectivity index (χ1n) is 11.7. The number of anilines is 1. The molecule has 1 aliphatic rings. The Kier molecular flexibility index (Phi) is 9.11. The molecule has 9 nitrogen and oxygen atoms in total. The lowest BCUT2D eigenvalue weighted by Crippen LogP contribution is -2.43. The lowest BCUT2D eigenvalue weighted by Gasteiger charge is -2.30. The maximum absolute atomic E-state index is 13.3. The van der Waals surface area contributed by atoms with Crippen LogP contribution in [-0.2, 0) is 0 Å². The minimum absolute atomic E-state index is 0.140. The van der Waals surface area contributed by atoms with Crippen molar-refractivity contribution in [2.45, 2.75) is 25.8 Å². The zero-order chi connectivity index (χ0) is 25.4. The highest BCUT2D eigenvalue weighted by atomic mass is 16.5. The highest BCUT2D eigenvalue weighted by Gasteiger charge is 2.24. The Hall–Kier alpha value is -3.56. The summed E-state index contributed by atoms with van der Waals surface area (Å²) in [6.07, 6.45) is 3.96. The third-order valence-corrected chi connectivity index (χ3v) is 5.65. The molecular formula is C26H34N4O5. The minimum atomic E-state index is -1.05. The molecule has 0 saturated heterocycles. The first-order chi connectivity index (χ1) is 16.8. The Balaban J connectivity index is 1.76. The maximum Gasteiger partial charge on any atom is 0.411 e. The number of rotatable bonds is 10. The Bertz CT molecular complexity index is 1060. The van der Waals surface area contributed by atoms with Crippen molar-refractivity contribution in [1.82, 2.24) is 15.3 Å². The second kappa shape index (κ2) is 12.2. The average Bonchev–Trinajstić information content (AvgIpc) is 2.86. The number of hydrogen-bond acceptors (Lipinski definition) is 6. The van der Waals surface area contributed by atoms with Crippen LogP contribution in [0.1, 0.15) is 41.7 Å². The molecule has 0 aliphatic carbocycles. The molecule has 2 amide bonds. The van der Waals surface area contributed by atoms with E-state index in [0.717, 1.165) is 12.1 Å². The van der Waals surface area contributed by atoms with Crippen molar-refractivity contribution >= 4 is 17.7 Å². The number of nitrogens with one attached hydrogen (secondary N) is 1. The quantitative estimate of drug-likeness (QED) is 0.526. The second-order valence-electron chi connectivity index (χ2n) is 8.46. The van der Waals surface area contributed by atoms with Gasteiger partial charge in [0.15, 0.2) is 11.5 Å². The number of carbonyl (C=O) groups excluding carboxylic acids is 1. The van der Waals surface area contributed by atoms with Gasteiger partial charge in [0.25, 0.3) is 5.91 Å². The van der Waals surface area contributed by atoms with E-state index in [-0.39, 0.29) is 11.9 Å². The molecule has 1 heterocycles. The number of ether oxygens (including phenoxy) is 2. The first kappa shape index (κ1) is 26.1. The molecule has 188 valence electrons. The topological polar surface area (TPSA) is 94.6 Å². The number of hydrazine groups is 1. The summed E-state index contributed by atoms with van der Waals surface area (Å²) < 4.78 is 11.1. The summed E-state index contributed by atoms with van der Waals surface area (Å²) in [7, 11) is 5.49. The smallest absolute Gasteiger partial charge is 0.411 e. The zero-order valence-corrected chi connectivity index (χ0v) is 20.7. The summed E-state index contributed by atoms with van der Waals surface area (Å²) >= 11 is 0. The van der Waals surface area contributed by atoms with Crippen LogP contribution in [0.15, 0.2) is 54.7 Å². The molecule has 9 heteroatoms. The van der Waals surface area contributed by atoms with Crippen LogP contribution in [0.5, 0.6) is 11.5 Å². The van der Waals surface area contributed by atoms with Gasteiger partial charge in [0.05, 0.1) is 19.8 Å². The molecule has 1 aliphatic heterocycles. The van der Waals surface area contributed by atoms with E-state index in [9.17, 15) is 14.7 Å². The fourth-order valence-electron chi connectivity index (χ4n) is 3.91. The standard InChI is InChI=1S/C26H34N4O5/c1-5-35-24-18-19(12-13-23(24)34-4)22-11-7-16-30(27-22)25(31)20-9-6-10-21(17-20)29(26(32)33)15-8-14-28(2)3/h6-7,9-10,12-13,16-18,22,27H,5,8,11,14-15H2,1-4H3,(H,32,33). The van der Waals surface area contributed by atoms with Crippen molar-refractivity contribution < 1.29 is 24.2 Å². The molecule has 0 radical (unpaired) electrons. The number of carboxylic acid groups (broad SMARTS) is 1. The maximum atomic E-state index is 13.3. The Labute approximate surface area is 206 Å². The fourth-order valence-corrected chi connectivity index (χ4v) is 3.91. The van der Waals surface area contributed by atoms with Gasteiger partial charge in [-0.3, -0.25) is 9.69 Å². The number of amides is 2. The molecule has 2 aromatic rings. The van der Waals surface area contributed by atoms with E-state index in [1.165, 1.54) is 9.91 Å². The lowest BCUT2D eigenvalue weighted by molar-refractivity contribution is 0.0713. The zero-order valence-electron chi connectivity index (χ0n) is 20.7. The van der Waals surface area contributed by atoms with E-state index in [1.54, 1.807) is 37.6 Å². The van der Waals surface area contributed by atoms with E-state index in [4.69, 9.17) is 9.47 Å². The summed E-state index contributed by atoms with van der Waals surface area (Å²) in [6.45, 7) is 3.54. The van der Waals surface area contributed by atoms with E-state index in [0.29, 0.717) is 48.7 Å². The van der Waals surface area contributed by atoms with Crippen LogP contribution < -0.4 is 19.8 Å². The summed E-state index contributed by atoms with van der Waals surface area (Å²) in [5.41, 5.74) is 5.08. The molecule has 0 bridgehead atoms. The van der Waals surface area contributed by atoms with E-state index in [2.05, 4.69) is 5.43 Å². The van der Waals surface area contributed by atoms with Crippen LogP contribution >= 0.6 is 0 Å². The highest BCUT2D eigenvalue weighted by molar-refractivity contribution is 5.97. The van der Waals surface area contributed by atoms with Gasteiger partial charge in [-0.2, -0.15) is 0 Å². The van der Waals surface area contributed by atoms with Gasteiger partial charge in [-0.15, -0.1) is 0 Å². The van der Waals surface area contributed by atoms with Crippen molar-refractivity contribution in [3.8, 4) is 11.5 Å². The minimum Gasteiger partial charge on any atom is -0.493 e. The summed E-state index contributed by atoms with van der Waals surface area (Å²) in [5.74, 6) is 1.03. The highest BCUT2D eigenvalue weighted by Crippen LogP contribution is 2.32. The normalized spacial score (nSPS) is 15.2. The third-order valence-electron chi connectivity index (χ3n) is 5.65. The summed E-state index contributed by atoms with van der Waals surface area (Å²) in [4.78, 5) is 28.4. The predicted octanol–water partition coefficient (Wildman–Crippen LogP) is 4.14. The van der Waals surface area contributed by atoms with Crippen LogP contribution in [0.3, 0.4) is 0 Å². The van der Waals surface area contributed by atoms with E-state index in [1.807, 2.05) is 50.2 Å². The van der Waals surface area contributed by atoms with Gasteiger partial charge in [-0.25, -0.2) is 15.2 Å². The third kappa shape index (κ3) is 6.74. The lowest BCUT2D eigenvalue weighted by atomic mass is 10.0. The Morgan fingerprint density at radius 3 is 2.63 bits per heavy atom. The van der Waals surface area contributed by atoms with Crippen molar-refractivity contribution in [3.05, 3.63) is 65.9 Å². The largest absolute Gasteiger partial charge is 0.493 e. The average molecular weight is 483 g/mol. The molecule has 1 unspecified atom stereocenters. The van der Waals surface area contributed by atoms with Crippen molar-refractivity contribution in [2.24, 2.45) is 0 Å². The second-order valence-corrected chi connectivity index (χ2v) is 8.46. The summed E-state index contributed by atoms with van der Waals surface area (Å²) in [5, 5.41) is 11.1. The van der Waals surface area contributed by atoms with Crippen LogP contribution in [0.25, 0.3) is 0 Å². The fraction of sp³-hybridized carbons (Fsp3) is 0.385. The molecule has 0 fully saturated rings. The van der Waals surface area contributed by atoms with Gasteiger partial charge in [0.2, 0.25) is 0 Å². The molecule has 3 rings (SSSR count). The molecule has 0 saturated carbocycles. The molecule has 0 spiro atoms. The number of nitrogens with zero attached hydrogens (tertiary/aromatic N) is 3. The SMILES string of the molecule is CCOc1cc(C2CC=CN(C(=O)c3cccc(N(CCCN(C)C)C(=O)O)c3)N2)ccc1OC. The molecule has 1 atom stereocenters. The monoisotopic (exact) mass is 482 g/mol. The van der Waals surface area contributed by atoms with E-state index >= 15 is 0 Å². The molecule has 0 aromatic heterocycles. The van der Waals surface area contributed by atoms with Gasteiger partial charge < -0.3 is 19.5 Å². The van der Waals surface area contributed by atoms with Crippen LogP contribution in [0.4, 0.5) is 10.5 Å². The number of carbonyl (C=O) groups is 2. The molecular weight excluding hydrogens is 448 g/mol. The first-order valence-corrected chi connectivity index (χ1v) is 11.7. The van der Waals surface area contributed by atoms with Crippen molar-refractivity contribution in [3.63, 3.8) is 0 Å². The van der Waals surface area contributed by atoms with E-state index < -0.39 is 6.09 Å². The van der Waals surface area contributed by atoms with Gasteiger partial charge in [-0.1, -0.05) is 18.2 Å². The van der Waals surface area contributed by atoms with Crippen molar-refractivity contribution in [2.75, 3.05) is 45.8 Å². The van der Waals surface area contributed by atoms with Crippen LogP contribution in [0, 0.1) is 0 Å². The number of benzene rings is 2. The molecule has 2 N–H and O–H groups in total. The van der Waals surface area contributed by atoms with Gasteiger partial charge in [0, 0.05) is 24.0 Å². The Morgan fingerprint density at radius 1 is 1.14 bits per heavy atom. The predicted molar refractivity (Wildman–Crippen MR) is 135 cm³/mol. The van der Waals surface area contributed by atoms with Gasteiger partial charge >= 0.3 is 6.09 Å².